The van der Waals surface area contributed by atoms with Crippen LogP contribution in [0, 0.1) is 0 Å². The van der Waals surface area contributed by atoms with Gasteiger partial charge in [0.15, 0.2) is 0 Å². The van der Waals surface area contributed by atoms with E-state index in [1.165, 1.54) is 10.8 Å². The first-order valence-electron chi connectivity index (χ1n) is 12.3. The Labute approximate surface area is 206 Å². The molecule has 0 radical (unpaired) electrons. The van der Waals surface area contributed by atoms with Gasteiger partial charge in [0.2, 0.25) is 0 Å². The number of fused-ring (bicyclic) bond motifs is 2. The van der Waals surface area contributed by atoms with E-state index in [0.717, 1.165) is 21.9 Å². The Morgan fingerprint density at radius 3 is 1.23 bits per heavy atom. The third kappa shape index (κ3) is 5.89. The second-order valence-corrected chi connectivity index (χ2v) is 8.56. The normalized spacial score (nSPS) is 21.4. The standard InChI is InChI=1S/C30H32O5/c1-3-11-25-23(7-1)9-5-13-27(25)29-30(28-14-6-10-24-8-2-4-12-26(24)28)35-22-20-33-18-16-31-15-17-32-19-21-34-29/h1-14,29-30H,15-22H2/t29-,30-/m1/s1. The zero-order chi connectivity index (χ0) is 23.7. The van der Waals surface area contributed by atoms with E-state index in [4.69, 9.17) is 23.7 Å². The maximum absolute atomic E-state index is 6.60. The smallest absolute Gasteiger partial charge is 0.114 e. The van der Waals surface area contributed by atoms with Gasteiger partial charge in [-0.05, 0) is 32.7 Å². The Bertz CT molecular complexity index is 1120. The van der Waals surface area contributed by atoms with Crippen LogP contribution in [0.4, 0.5) is 0 Å². The van der Waals surface area contributed by atoms with E-state index < -0.39 is 0 Å². The van der Waals surface area contributed by atoms with E-state index in [9.17, 15) is 0 Å². The summed E-state index contributed by atoms with van der Waals surface area (Å²) in [5, 5.41) is 4.69. The molecule has 0 unspecified atom stereocenters. The molecule has 2 atom stereocenters. The van der Waals surface area contributed by atoms with Gasteiger partial charge >= 0.3 is 0 Å². The van der Waals surface area contributed by atoms with E-state index in [1.807, 2.05) is 0 Å². The highest BCUT2D eigenvalue weighted by Crippen LogP contribution is 2.40. The SMILES string of the molecule is c1ccc2c([C@H]3OCCOCCOCCOCCO[C@@H]3c3cccc4ccccc34)cccc2c1. The van der Waals surface area contributed by atoms with Crippen LogP contribution in [-0.4, -0.2) is 52.9 Å². The molecule has 5 rings (SSSR count). The average Bonchev–Trinajstić information content (AvgIpc) is 2.92. The lowest BCUT2D eigenvalue weighted by molar-refractivity contribution is -0.0960. The van der Waals surface area contributed by atoms with Crippen LogP contribution in [0.1, 0.15) is 23.3 Å². The van der Waals surface area contributed by atoms with Crippen LogP contribution in [-0.2, 0) is 23.7 Å². The maximum atomic E-state index is 6.60. The number of hydrogen-bond donors (Lipinski definition) is 0. The fraction of sp³-hybridized carbons (Fsp3) is 0.333. The van der Waals surface area contributed by atoms with E-state index >= 15 is 0 Å². The molecule has 5 heteroatoms. The Kier molecular flexibility index (Phi) is 8.37. The molecule has 0 aliphatic carbocycles. The highest BCUT2D eigenvalue weighted by atomic mass is 16.6. The van der Waals surface area contributed by atoms with Crippen molar-refractivity contribution in [1.29, 1.82) is 0 Å². The second-order valence-electron chi connectivity index (χ2n) is 8.56. The molecule has 0 amide bonds. The highest BCUT2D eigenvalue weighted by Gasteiger charge is 2.29. The molecule has 4 aromatic carbocycles. The van der Waals surface area contributed by atoms with Gasteiger partial charge in [-0.2, -0.15) is 0 Å². The van der Waals surface area contributed by atoms with Crippen molar-refractivity contribution >= 4 is 21.5 Å². The van der Waals surface area contributed by atoms with Gasteiger partial charge in [-0.15, -0.1) is 0 Å². The van der Waals surface area contributed by atoms with E-state index in [1.54, 1.807) is 0 Å². The molecule has 0 N–H and O–H groups in total. The molecule has 0 bridgehead atoms. The summed E-state index contributed by atoms with van der Waals surface area (Å²) in [4.78, 5) is 0. The summed E-state index contributed by atoms with van der Waals surface area (Å²) in [7, 11) is 0. The van der Waals surface area contributed by atoms with Gasteiger partial charge in [-0.25, -0.2) is 0 Å². The largest absolute Gasteiger partial charge is 0.377 e. The van der Waals surface area contributed by atoms with Crippen molar-refractivity contribution in [3.05, 3.63) is 96.1 Å². The quantitative estimate of drug-likeness (QED) is 0.365. The van der Waals surface area contributed by atoms with E-state index in [0.29, 0.717) is 52.9 Å². The third-order valence-electron chi connectivity index (χ3n) is 6.33. The molecule has 182 valence electrons. The average molecular weight is 473 g/mol. The van der Waals surface area contributed by atoms with Crippen molar-refractivity contribution in [3.63, 3.8) is 0 Å². The fourth-order valence-electron chi connectivity index (χ4n) is 4.69. The summed E-state index contributed by atoms with van der Waals surface area (Å²) in [5.41, 5.74) is 2.21. The predicted octanol–water partition coefficient (Wildman–Crippen LogP) is 5.87. The van der Waals surface area contributed by atoms with Gasteiger partial charge in [-0.1, -0.05) is 84.9 Å². The van der Waals surface area contributed by atoms with Gasteiger partial charge in [-0.3, -0.25) is 0 Å². The van der Waals surface area contributed by atoms with Gasteiger partial charge in [0.1, 0.15) is 12.2 Å². The molecule has 5 nitrogen and oxygen atoms in total. The third-order valence-corrected chi connectivity index (χ3v) is 6.33. The minimum absolute atomic E-state index is 0.322. The summed E-state index contributed by atoms with van der Waals surface area (Å²) in [6.07, 6.45) is -0.645. The van der Waals surface area contributed by atoms with Crippen molar-refractivity contribution in [2.24, 2.45) is 0 Å². The Balaban J connectivity index is 1.57. The van der Waals surface area contributed by atoms with Crippen molar-refractivity contribution in [3.8, 4) is 0 Å². The lowest BCUT2D eigenvalue weighted by Crippen LogP contribution is -2.22. The van der Waals surface area contributed by atoms with Crippen LogP contribution in [0.3, 0.4) is 0 Å². The molecule has 0 spiro atoms. The fourth-order valence-corrected chi connectivity index (χ4v) is 4.69. The molecule has 0 aromatic heterocycles. The number of ether oxygens (including phenoxy) is 5. The molecule has 1 aliphatic rings. The number of hydrogen-bond acceptors (Lipinski definition) is 5. The van der Waals surface area contributed by atoms with Gasteiger partial charge in [0.25, 0.3) is 0 Å². The lowest BCUT2D eigenvalue weighted by Gasteiger charge is -2.30. The number of rotatable bonds is 2. The van der Waals surface area contributed by atoms with E-state index in [2.05, 4.69) is 84.9 Å². The van der Waals surface area contributed by atoms with Crippen LogP contribution < -0.4 is 0 Å². The minimum atomic E-state index is -0.322. The first-order chi connectivity index (χ1) is 17.4. The van der Waals surface area contributed by atoms with Crippen LogP contribution in [0.5, 0.6) is 0 Å². The molecular formula is C30H32O5. The lowest BCUT2D eigenvalue weighted by atomic mass is 9.91. The molecule has 35 heavy (non-hydrogen) atoms. The van der Waals surface area contributed by atoms with Crippen molar-refractivity contribution < 1.29 is 23.7 Å². The van der Waals surface area contributed by atoms with Crippen LogP contribution >= 0.6 is 0 Å². The van der Waals surface area contributed by atoms with Gasteiger partial charge in [0.05, 0.1) is 52.9 Å². The van der Waals surface area contributed by atoms with Crippen molar-refractivity contribution in [2.75, 3.05) is 52.9 Å². The number of benzene rings is 4. The Hall–Kier alpha value is -2.80. The summed E-state index contributed by atoms with van der Waals surface area (Å²) in [5.74, 6) is 0. The van der Waals surface area contributed by atoms with Crippen LogP contribution in [0.25, 0.3) is 21.5 Å². The molecule has 1 aliphatic heterocycles. The topological polar surface area (TPSA) is 46.2 Å². The maximum Gasteiger partial charge on any atom is 0.114 e. The molecule has 0 saturated carbocycles. The zero-order valence-corrected chi connectivity index (χ0v) is 19.9. The summed E-state index contributed by atoms with van der Waals surface area (Å²) >= 11 is 0. The van der Waals surface area contributed by atoms with Crippen molar-refractivity contribution in [2.45, 2.75) is 12.2 Å². The zero-order valence-electron chi connectivity index (χ0n) is 19.9. The molecule has 4 aromatic rings. The molecule has 1 saturated heterocycles. The predicted molar refractivity (Wildman–Crippen MR) is 138 cm³/mol. The Morgan fingerprint density at radius 1 is 0.400 bits per heavy atom. The molecular weight excluding hydrogens is 440 g/mol. The molecule has 1 heterocycles. The van der Waals surface area contributed by atoms with Crippen LogP contribution in [0.2, 0.25) is 0 Å². The Morgan fingerprint density at radius 2 is 0.771 bits per heavy atom. The summed E-state index contributed by atoms with van der Waals surface area (Å²) in [6, 6.07) is 29.6. The molecule has 1 fully saturated rings. The first kappa shape index (κ1) is 23.9. The summed E-state index contributed by atoms with van der Waals surface area (Å²) in [6.45, 7) is 4.05. The van der Waals surface area contributed by atoms with E-state index in [-0.39, 0.29) is 12.2 Å². The highest BCUT2D eigenvalue weighted by molar-refractivity contribution is 5.87. The first-order valence-corrected chi connectivity index (χ1v) is 12.3. The monoisotopic (exact) mass is 472 g/mol. The van der Waals surface area contributed by atoms with Crippen LogP contribution in [0.15, 0.2) is 84.9 Å². The van der Waals surface area contributed by atoms with Gasteiger partial charge in [0, 0.05) is 0 Å². The van der Waals surface area contributed by atoms with Gasteiger partial charge < -0.3 is 23.7 Å². The summed E-state index contributed by atoms with van der Waals surface area (Å²) < 4.78 is 30.3. The van der Waals surface area contributed by atoms with Crippen molar-refractivity contribution in [1.82, 2.24) is 0 Å². The second kappa shape index (κ2) is 12.2. The minimum Gasteiger partial charge on any atom is -0.377 e.